The molecular formula is C14H17BrN2S. The van der Waals surface area contributed by atoms with E-state index < -0.39 is 0 Å². The molecular weight excluding hydrogens is 308 g/mol. The molecule has 3 rings (SSSR count). The average molecular weight is 325 g/mol. The number of halogens is 1. The van der Waals surface area contributed by atoms with Crippen LogP contribution >= 0.6 is 27.3 Å². The van der Waals surface area contributed by atoms with Gasteiger partial charge in [-0.25, -0.2) is 4.98 Å². The molecule has 0 amide bonds. The fraction of sp³-hybridized carbons (Fsp3) is 0.500. The van der Waals surface area contributed by atoms with Crippen molar-refractivity contribution in [3.63, 3.8) is 0 Å². The van der Waals surface area contributed by atoms with E-state index in [1.165, 1.54) is 35.5 Å². The number of thiazole rings is 1. The zero-order valence-corrected chi connectivity index (χ0v) is 12.7. The van der Waals surface area contributed by atoms with Crippen molar-refractivity contribution in [3.05, 3.63) is 24.3 Å². The highest BCUT2D eigenvalue weighted by molar-refractivity contribution is 9.09. The Balaban J connectivity index is 1.91. The highest BCUT2D eigenvalue weighted by Crippen LogP contribution is 2.33. The Labute approximate surface area is 120 Å². The van der Waals surface area contributed by atoms with Crippen molar-refractivity contribution in [3.8, 4) is 0 Å². The number of nitrogens with zero attached hydrogens (tertiary/aromatic N) is 2. The molecule has 1 saturated heterocycles. The van der Waals surface area contributed by atoms with Crippen molar-refractivity contribution in [1.82, 2.24) is 4.98 Å². The van der Waals surface area contributed by atoms with Gasteiger partial charge in [-0.3, -0.25) is 0 Å². The van der Waals surface area contributed by atoms with Crippen molar-refractivity contribution in [1.29, 1.82) is 0 Å². The molecule has 1 aromatic heterocycles. The van der Waals surface area contributed by atoms with Crippen molar-refractivity contribution >= 4 is 42.6 Å². The fourth-order valence-electron chi connectivity index (χ4n) is 2.66. The van der Waals surface area contributed by atoms with Gasteiger partial charge >= 0.3 is 0 Å². The van der Waals surface area contributed by atoms with Gasteiger partial charge in [-0.2, -0.15) is 0 Å². The number of piperidine rings is 1. The van der Waals surface area contributed by atoms with E-state index >= 15 is 0 Å². The number of aromatic nitrogens is 1. The van der Waals surface area contributed by atoms with Gasteiger partial charge in [0.15, 0.2) is 5.13 Å². The summed E-state index contributed by atoms with van der Waals surface area (Å²) in [5.74, 6) is 0. The summed E-state index contributed by atoms with van der Waals surface area (Å²) in [5, 5.41) is 2.29. The normalized spacial score (nSPS) is 20.5. The maximum atomic E-state index is 4.80. The smallest absolute Gasteiger partial charge is 0.186 e. The molecule has 1 unspecified atom stereocenters. The number of benzene rings is 1. The lowest BCUT2D eigenvalue weighted by Crippen LogP contribution is -2.39. The molecule has 1 atom stereocenters. The molecule has 1 aliphatic heterocycles. The van der Waals surface area contributed by atoms with Gasteiger partial charge in [0, 0.05) is 17.9 Å². The molecule has 96 valence electrons. The summed E-state index contributed by atoms with van der Waals surface area (Å²) in [6, 6.07) is 9.10. The Morgan fingerprint density at radius 3 is 3.06 bits per heavy atom. The third kappa shape index (κ3) is 2.41. The average Bonchev–Trinajstić information content (AvgIpc) is 2.83. The van der Waals surface area contributed by atoms with Crippen molar-refractivity contribution in [2.45, 2.75) is 31.7 Å². The largest absolute Gasteiger partial charge is 0.345 e. The number of rotatable bonds is 3. The van der Waals surface area contributed by atoms with Gasteiger partial charge in [0.2, 0.25) is 0 Å². The molecule has 0 N–H and O–H groups in total. The molecule has 2 aromatic rings. The molecule has 4 heteroatoms. The minimum Gasteiger partial charge on any atom is -0.345 e. The molecule has 1 aliphatic rings. The highest BCUT2D eigenvalue weighted by atomic mass is 79.9. The predicted molar refractivity (Wildman–Crippen MR) is 83.0 cm³/mol. The maximum Gasteiger partial charge on any atom is 0.186 e. The summed E-state index contributed by atoms with van der Waals surface area (Å²) in [4.78, 5) is 7.32. The van der Waals surface area contributed by atoms with Crippen LogP contribution in [-0.2, 0) is 0 Å². The Bertz CT molecular complexity index is 490. The van der Waals surface area contributed by atoms with Crippen LogP contribution in [0.1, 0.15) is 25.7 Å². The standard InChI is InChI=1S/C14H17BrN2S/c15-9-8-11-5-3-4-10-17(11)14-16-12-6-1-2-7-13(12)18-14/h1-2,6-7,11H,3-5,8-10H2. The quantitative estimate of drug-likeness (QED) is 0.776. The van der Waals surface area contributed by atoms with Gasteiger partial charge in [-0.15, -0.1) is 0 Å². The predicted octanol–water partition coefficient (Wildman–Crippen LogP) is 4.44. The number of para-hydroxylation sites is 1. The number of hydrogen-bond acceptors (Lipinski definition) is 3. The topological polar surface area (TPSA) is 16.1 Å². The molecule has 0 saturated carbocycles. The Hall–Kier alpha value is -0.610. The number of alkyl halides is 1. The zero-order valence-electron chi connectivity index (χ0n) is 10.3. The van der Waals surface area contributed by atoms with Gasteiger partial charge in [-0.1, -0.05) is 39.4 Å². The lowest BCUT2D eigenvalue weighted by molar-refractivity contribution is 0.452. The third-order valence-electron chi connectivity index (χ3n) is 3.60. The summed E-state index contributed by atoms with van der Waals surface area (Å²) < 4.78 is 1.30. The van der Waals surface area contributed by atoms with Crippen LogP contribution in [0.15, 0.2) is 24.3 Å². The maximum absolute atomic E-state index is 4.80. The van der Waals surface area contributed by atoms with Crippen LogP contribution < -0.4 is 4.90 Å². The SMILES string of the molecule is BrCCC1CCCCN1c1nc2ccccc2s1. The summed E-state index contributed by atoms with van der Waals surface area (Å²) in [6.45, 7) is 1.16. The van der Waals surface area contributed by atoms with Gasteiger partial charge in [0.1, 0.15) is 0 Å². The molecule has 1 aromatic carbocycles. The van der Waals surface area contributed by atoms with Crippen LogP contribution in [0.25, 0.3) is 10.2 Å². The van der Waals surface area contributed by atoms with Gasteiger partial charge in [0.05, 0.1) is 10.2 Å². The van der Waals surface area contributed by atoms with E-state index in [-0.39, 0.29) is 0 Å². The number of anilines is 1. The molecule has 18 heavy (non-hydrogen) atoms. The summed E-state index contributed by atoms with van der Waals surface area (Å²) in [6.07, 6.45) is 5.19. The van der Waals surface area contributed by atoms with Crippen LogP contribution in [-0.4, -0.2) is 22.9 Å². The highest BCUT2D eigenvalue weighted by Gasteiger charge is 2.24. The first-order chi connectivity index (χ1) is 8.88. The Kier molecular flexibility index (Phi) is 3.85. The van der Waals surface area contributed by atoms with E-state index in [4.69, 9.17) is 4.98 Å². The Morgan fingerprint density at radius 1 is 1.33 bits per heavy atom. The first-order valence-corrected chi connectivity index (χ1v) is 8.50. The monoisotopic (exact) mass is 324 g/mol. The van der Waals surface area contributed by atoms with Crippen molar-refractivity contribution < 1.29 is 0 Å². The van der Waals surface area contributed by atoms with Crippen molar-refractivity contribution in [2.24, 2.45) is 0 Å². The first kappa shape index (κ1) is 12.4. The van der Waals surface area contributed by atoms with Crippen LogP contribution in [0.3, 0.4) is 0 Å². The lowest BCUT2D eigenvalue weighted by Gasteiger charge is -2.35. The summed E-state index contributed by atoms with van der Waals surface area (Å²) >= 11 is 5.41. The Morgan fingerprint density at radius 2 is 2.22 bits per heavy atom. The van der Waals surface area contributed by atoms with Gasteiger partial charge in [-0.05, 0) is 37.8 Å². The lowest BCUT2D eigenvalue weighted by atomic mass is 10.0. The van der Waals surface area contributed by atoms with Crippen molar-refractivity contribution in [2.75, 3.05) is 16.8 Å². The number of hydrogen-bond donors (Lipinski definition) is 0. The van der Waals surface area contributed by atoms with Gasteiger partial charge in [0.25, 0.3) is 0 Å². The van der Waals surface area contributed by atoms with E-state index in [1.807, 2.05) is 11.3 Å². The molecule has 2 nitrogen and oxygen atoms in total. The molecule has 0 spiro atoms. The van der Waals surface area contributed by atoms with E-state index in [9.17, 15) is 0 Å². The molecule has 0 bridgehead atoms. The van der Waals surface area contributed by atoms with Crippen LogP contribution in [0.5, 0.6) is 0 Å². The van der Waals surface area contributed by atoms with E-state index in [2.05, 4.69) is 45.1 Å². The van der Waals surface area contributed by atoms with E-state index in [0.29, 0.717) is 6.04 Å². The molecule has 1 fully saturated rings. The van der Waals surface area contributed by atoms with Crippen LogP contribution in [0, 0.1) is 0 Å². The van der Waals surface area contributed by atoms with Crippen LogP contribution in [0.2, 0.25) is 0 Å². The van der Waals surface area contributed by atoms with Gasteiger partial charge < -0.3 is 4.90 Å². The molecule has 2 heterocycles. The summed E-state index contributed by atoms with van der Waals surface area (Å²) in [7, 11) is 0. The second-order valence-electron chi connectivity index (χ2n) is 4.78. The zero-order chi connectivity index (χ0) is 12.4. The fourth-order valence-corrected chi connectivity index (χ4v) is 4.25. The number of fused-ring (bicyclic) bond motifs is 1. The van der Waals surface area contributed by atoms with Crippen LogP contribution in [0.4, 0.5) is 5.13 Å². The minimum absolute atomic E-state index is 0.665. The second kappa shape index (κ2) is 5.57. The second-order valence-corrected chi connectivity index (χ2v) is 6.59. The van der Waals surface area contributed by atoms with E-state index in [0.717, 1.165) is 17.4 Å². The third-order valence-corrected chi connectivity index (χ3v) is 5.13. The minimum atomic E-state index is 0.665. The summed E-state index contributed by atoms with van der Waals surface area (Å²) in [5.41, 5.74) is 1.14. The molecule has 0 radical (unpaired) electrons. The molecule has 0 aliphatic carbocycles. The first-order valence-electron chi connectivity index (χ1n) is 6.56. The van der Waals surface area contributed by atoms with E-state index in [1.54, 1.807) is 0 Å².